The number of β-lactam (4-membered cyclic amide) rings is 1. The first-order valence-corrected chi connectivity index (χ1v) is 9.78. The molecule has 9 heteroatoms. The highest BCUT2D eigenvalue weighted by Gasteiger charge is 2.61. The van der Waals surface area contributed by atoms with Crippen molar-refractivity contribution in [1.82, 2.24) is 4.90 Å². The van der Waals surface area contributed by atoms with Gasteiger partial charge in [-0.3, -0.25) is 24.1 Å². The van der Waals surface area contributed by atoms with Crippen LogP contribution in [0.4, 0.5) is 5.00 Å². The summed E-state index contributed by atoms with van der Waals surface area (Å²) in [5.41, 5.74) is -1.56. The number of amides is 2. The van der Waals surface area contributed by atoms with Crippen LogP contribution >= 0.6 is 23.1 Å². The first-order valence-electron chi connectivity index (χ1n) is 7.85. The van der Waals surface area contributed by atoms with E-state index in [4.69, 9.17) is 0 Å². The predicted molar refractivity (Wildman–Crippen MR) is 94.6 cm³/mol. The van der Waals surface area contributed by atoms with Crippen molar-refractivity contribution in [2.75, 3.05) is 17.2 Å². The predicted octanol–water partition coefficient (Wildman–Crippen LogP) is 1.43. The lowest BCUT2D eigenvalue weighted by molar-refractivity contribution is -0.161. The first kappa shape index (κ1) is 17.9. The molecular weight excluding hydrogens is 364 g/mol. The maximum atomic E-state index is 12.7. The van der Waals surface area contributed by atoms with Crippen LogP contribution in [0.15, 0.2) is 17.5 Å². The van der Waals surface area contributed by atoms with E-state index in [0.717, 1.165) is 0 Å². The van der Waals surface area contributed by atoms with Gasteiger partial charge in [-0.05, 0) is 17.5 Å². The van der Waals surface area contributed by atoms with E-state index in [9.17, 15) is 24.3 Å². The number of Topliss-reactive ketones (excluding diaryl/α,β-unsaturated/α-hetero) is 1. The Kier molecular flexibility index (Phi) is 4.63. The molecule has 7 nitrogen and oxygen atoms in total. The summed E-state index contributed by atoms with van der Waals surface area (Å²) in [5, 5.41) is 11.8. The molecule has 134 valence electrons. The second-order valence-corrected chi connectivity index (χ2v) is 8.15. The smallest absolute Gasteiger partial charge is 0.319 e. The number of carbonyl (C=O) groups excluding carboxylic acids is 3. The maximum Gasteiger partial charge on any atom is 0.319 e. The van der Waals surface area contributed by atoms with Gasteiger partial charge in [0.1, 0.15) is 11.4 Å². The van der Waals surface area contributed by atoms with Crippen LogP contribution in [0.5, 0.6) is 0 Å². The molecule has 3 atom stereocenters. The van der Waals surface area contributed by atoms with E-state index in [2.05, 4.69) is 0 Å². The van der Waals surface area contributed by atoms with Crippen LogP contribution in [0.25, 0.3) is 0 Å². The van der Waals surface area contributed by atoms with Crippen molar-refractivity contribution in [3.8, 4) is 0 Å². The molecule has 2 aliphatic heterocycles. The summed E-state index contributed by atoms with van der Waals surface area (Å²) < 4.78 is 0. The summed E-state index contributed by atoms with van der Waals surface area (Å²) >= 11 is 2.63. The van der Waals surface area contributed by atoms with Crippen molar-refractivity contribution in [3.63, 3.8) is 0 Å². The Hall–Kier alpha value is -1.87. The van der Waals surface area contributed by atoms with Crippen molar-refractivity contribution >= 4 is 51.7 Å². The average molecular weight is 382 g/mol. The van der Waals surface area contributed by atoms with E-state index >= 15 is 0 Å². The van der Waals surface area contributed by atoms with Gasteiger partial charge in [-0.1, -0.05) is 6.92 Å². The Morgan fingerprint density at radius 1 is 1.44 bits per heavy atom. The Bertz CT molecular complexity index is 735. The van der Waals surface area contributed by atoms with E-state index < -0.39 is 17.4 Å². The number of carboxylic acid groups (broad SMARTS) is 1. The lowest BCUT2D eigenvalue weighted by Gasteiger charge is -2.55. The fourth-order valence-corrected chi connectivity index (χ4v) is 5.73. The van der Waals surface area contributed by atoms with Gasteiger partial charge in [0, 0.05) is 25.6 Å². The van der Waals surface area contributed by atoms with Crippen LogP contribution in [-0.2, 0) is 19.2 Å². The maximum absolute atomic E-state index is 12.7. The van der Waals surface area contributed by atoms with Crippen molar-refractivity contribution in [3.05, 3.63) is 17.5 Å². The molecule has 0 spiro atoms. The molecule has 2 aliphatic rings. The third-order valence-corrected chi connectivity index (χ3v) is 7.06. The number of aliphatic carboxylic acids is 1. The molecule has 25 heavy (non-hydrogen) atoms. The monoisotopic (exact) mass is 382 g/mol. The van der Waals surface area contributed by atoms with E-state index in [1.807, 2.05) is 5.38 Å². The molecule has 1 aromatic heterocycles. The van der Waals surface area contributed by atoms with Gasteiger partial charge in [0.15, 0.2) is 11.2 Å². The molecule has 2 fully saturated rings. The minimum Gasteiger partial charge on any atom is -0.480 e. The number of thioether (sulfide) groups is 1. The number of fused-ring (bicyclic) bond motifs is 1. The molecule has 0 radical (unpaired) electrons. The number of rotatable bonds is 5. The Morgan fingerprint density at radius 3 is 2.68 bits per heavy atom. The molecule has 2 amide bonds. The molecule has 2 unspecified atom stereocenters. The summed E-state index contributed by atoms with van der Waals surface area (Å²) in [6.45, 7) is 2.91. The number of anilines is 1. The Balaban J connectivity index is 1.86. The topological polar surface area (TPSA) is 95.0 Å². The Labute approximate surface area is 153 Å². The van der Waals surface area contributed by atoms with Gasteiger partial charge in [0.2, 0.25) is 11.8 Å². The number of nitrogens with zero attached hydrogens (tertiary/aromatic N) is 2. The molecule has 2 saturated heterocycles. The van der Waals surface area contributed by atoms with E-state index in [1.165, 1.54) is 39.8 Å². The first-order chi connectivity index (χ1) is 11.8. The summed E-state index contributed by atoms with van der Waals surface area (Å²) in [6, 6.07) is 2.93. The average Bonchev–Trinajstić information content (AvgIpc) is 3.11. The van der Waals surface area contributed by atoms with Crippen LogP contribution in [-0.4, -0.2) is 57.3 Å². The van der Waals surface area contributed by atoms with Crippen LogP contribution in [0.1, 0.15) is 20.3 Å². The van der Waals surface area contributed by atoms with Gasteiger partial charge in [0.05, 0.1) is 5.00 Å². The molecule has 1 N–H and O–H groups in total. The zero-order valence-corrected chi connectivity index (χ0v) is 15.4. The SMILES string of the molecule is CCC(=O)C1(C(=O)O)CS[C@@H]2C(N(C(C)=O)c3cccs3)C(=O)N2C1. The van der Waals surface area contributed by atoms with Gasteiger partial charge in [-0.15, -0.1) is 23.1 Å². The molecule has 3 rings (SSSR count). The number of ketones is 1. The molecule has 0 aliphatic carbocycles. The van der Waals surface area contributed by atoms with Gasteiger partial charge >= 0.3 is 5.97 Å². The van der Waals surface area contributed by atoms with Crippen molar-refractivity contribution < 1.29 is 24.3 Å². The van der Waals surface area contributed by atoms with Crippen molar-refractivity contribution in [1.29, 1.82) is 0 Å². The third-order valence-electron chi connectivity index (χ3n) is 4.68. The molecular formula is C16H18N2O5S2. The van der Waals surface area contributed by atoms with Crippen LogP contribution in [0.3, 0.4) is 0 Å². The van der Waals surface area contributed by atoms with Gasteiger partial charge in [-0.2, -0.15) is 0 Å². The minimum atomic E-state index is -1.56. The number of hydrogen-bond acceptors (Lipinski definition) is 6. The highest BCUT2D eigenvalue weighted by molar-refractivity contribution is 8.00. The summed E-state index contributed by atoms with van der Waals surface area (Å²) in [5.74, 6) is -2.00. The largest absolute Gasteiger partial charge is 0.480 e. The second-order valence-electron chi connectivity index (χ2n) is 6.12. The third kappa shape index (κ3) is 2.65. The number of thiophene rings is 1. The number of carbonyl (C=O) groups is 4. The standard InChI is InChI=1S/C16H18N2O5S2/c1-3-10(20)16(15(22)23)7-17-13(21)12(14(17)25-8-16)18(9(2)19)11-5-4-6-24-11/h4-6,12,14H,3,7-8H2,1-2H3,(H,22,23)/t12?,14-,16?/m1/s1. The molecule has 3 heterocycles. The van der Waals surface area contributed by atoms with Gasteiger partial charge in [-0.25, -0.2) is 0 Å². The second kappa shape index (κ2) is 6.45. The van der Waals surface area contributed by atoms with Crippen LogP contribution < -0.4 is 4.90 Å². The minimum absolute atomic E-state index is 0.107. The summed E-state index contributed by atoms with van der Waals surface area (Å²) in [7, 11) is 0. The fraction of sp³-hybridized carbons (Fsp3) is 0.500. The molecule has 1 aromatic rings. The van der Waals surface area contributed by atoms with Crippen LogP contribution in [0.2, 0.25) is 0 Å². The van der Waals surface area contributed by atoms with E-state index in [-0.39, 0.29) is 41.7 Å². The lowest BCUT2D eigenvalue weighted by Crippen LogP contribution is -2.75. The van der Waals surface area contributed by atoms with Crippen molar-refractivity contribution in [2.45, 2.75) is 31.7 Å². The fourth-order valence-electron chi connectivity index (χ4n) is 3.31. The lowest BCUT2D eigenvalue weighted by atomic mass is 9.81. The molecule has 0 saturated carbocycles. The van der Waals surface area contributed by atoms with E-state index in [1.54, 1.807) is 19.1 Å². The van der Waals surface area contributed by atoms with E-state index in [0.29, 0.717) is 5.00 Å². The Morgan fingerprint density at radius 2 is 2.16 bits per heavy atom. The van der Waals surface area contributed by atoms with Gasteiger partial charge < -0.3 is 10.0 Å². The quantitative estimate of drug-likeness (QED) is 0.612. The zero-order valence-electron chi connectivity index (χ0n) is 13.8. The highest BCUT2D eigenvalue weighted by atomic mass is 32.2. The number of hydrogen-bond donors (Lipinski definition) is 1. The summed E-state index contributed by atoms with van der Waals surface area (Å²) in [6.07, 6.45) is 0.109. The summed E-state index contributed by atoms with van der Waals surface area (Å²) in [4.78, 5) is 51.6. The molecule has 0 bridgehead atoms. The van der Waals surface area contributed by atoms with Gasteiger partial charge in [0.25, 0.3) is 0 Å². The van der Waals surface area contributed by atoms with Crippen LogP contribution in [0, 0.1) is 5.41 Å². The highest BCUT2D eigenvalue weighted by Crippen LogP contribution is 2.46. The normalized spacial score (nSPS) is 28.1. The van der Waals surface area contributed by atoms with Crippen molar-refractivity contribution in [2.24, 2.45) is 5.41 Å². The zero-order chi connectivity index (χ0) is 18.4. The number of carboxylic acids is 1. The molecule has 0 aromatic carbocycles.